The van der Waals surface area contributed by atoms with Gasteiger partial charge in [0.2, 0.25) is 11.8 Å². The summed E-state index contributed by atoms with van der Waals surface area (Å²) in [5, 5.41) is 2.30. The van der Waals surface area contributed by atoms with Gasteiger partial charge in [-0.3, -0.25) is 9.59 Å². The Morgan fingerprint density at radius 2 is 1.34 bits per heavy atom. The lowest BCUT2D eigenvalue weighted by Crippen LogP contribution is -2.63. The predicted octanol–water partition coefficient (Wildman–Crippen LogP) is 5.42. The number of hydrogen-bond acceptors (Lipinski definition) is 3. The fraction of sp³-hybridized carbons (Fsp3) is 0.273. The molecule has 2 atom stereocenters. The van der Waals surface area contributed by atoms with Crippen LogP contribution in [0.1, 0.15) is 30.4 Å². The van der Waals surface area contributed by atoms with Gasteiger partial charge in [-0.2, -0.15) is 0 Å². The number of benzene rings is 4. The van der Waals surface area contributed by atoms with Gasteiger partial charge in [-0.25, -0.2) is 0 Å². The van der Waals surface area contributed by atoms with Crippen molar-refractivity contribution in [2.75, 3.05) is 13.6 Å². The molecule has 1 aliphatic heterocycles. The predicted molar refractivity (Wildman–Crippen MR) is 153 cm³/mol. The third-order valence-electron chi connectivity index (χ3n) is 7.63. The van der Waals surface area contributed by atoms with Crippen molar-refractivity contribution in [1.29, 1.82) is 0 Å². The van der Waals surface area contributed by atoms with E-state index in [2.05, 4.69) is 66.7 Å². The maximum absolute atomic E-state index is 14.0. The van der Waals surface area contributed by atoms with E-state index < -0.39 is 12.1 Å². The molecule has 5 rings (SSSR count). The van der Waals surface area contributed by atoms with Gasteiger partial charge in [-0.15, -0.1) is 0 Å². The van der Waals surface area contributed by atoms with Gasteiger partial charge in [0.15, 0.2) is 0 Å². The van der Waals surface area contributed by atoms with Crippen LogP contribution < -0.4 is 5.73 Å². The van der Waals surface area contributed by atoms with Crippen molar-refractivity contribution in [1.82, 2.24) is 9.80 Å². The van der Waals surface area contributed by atoms with Crippen LogP contribution in [-0.4, -0.2) is 47.3 Å². The van der Waals surface area contributed by atoms with Crippen molar-refractivity contribution in [3.63, 3.8) is 0 Å². The summed E-state index contributed by atoms with van der Waals surface area (Å²) in [5.41, 5.74) is 10.1. The van der Waals surface area contributed by atoms with E-state index in [1.54, 1.807) is 11.9 Å². The quantitative estimate of drug-likeness (QED) is 0.309. The zero-order valence-corrected chi connectivity index (χ0v) is 21.9. The van der Waals surface area contributed by atoms with Gasteiger partial charge in [-0.1, -0.05) is 97.1 Å². The number of likely N-dealkylation sites (N-methyl/N-ethyl adjacent to an activating group) is 1. The molecule has 5 nitrogen and oxygen atoms in total. The Morgan fingerprint density at radius 1 is 0.684 bits per heavy atom. The van der Waals surface area contributed by atoms with Crippen LogP contribution >= 0.6 is 0 Å². The zero-order chi connectivity index (χ0) is 26.5. The molecule has 2 amide bonds. The van der Waals surface area contributed by atoms with Crippen molar-refractivity contribution in [2.45, 2.75) is 44.3 Å². The normalized spacial score (nSPS) is 17.8. The SMILES string of the molecule is CN1C(=O)C(CCCCN)N(Cc2ccc(-c3ccccc3)cc2)C(=O)C1Cc1ccc2ccccc2c1. The van der Waals surface area contributed by atoms with Gasteiger partial charge in [0.25, 0.3) is 0 Å². The molecule has 4 aromatic rings. The molecule has 0 radical (unpaired) electrons. The summed E-state index contributed by atoms with van der Waals surface area (Å²) in [6, 6.07) is 32.0. The van der Waals surface area contributed by atoms with Crippen LogP contribution in [0.15, 0.2) is 97.1 Å². The number of nitrogens with zero attached hydrogens (tertiary/aromatic N) is 2. The van der Waals surface area contributed by atoms with E-state index in [1.165, 1.54) is 0 Å². The highest BCUT2D eigenvalue weighted by Gasteiger charge is 2.43. The first kappa shape index (κ1) is 25.7. The second kappa shape index (κ2) is 11.6. The van der Waals surface area contributed by atoms with Crippen molar-refractivity contribution in [3.05, 3.63) is 108 Å². The molecular formula is C33H35N3O2. The Morgan fingerprint density at radius 3 is 2.08 bits per heavy atom. The van der Waals surface area contributed by atoms with Crippen LogP contribution in [0, 0.1) is 0 Å². The highest BCUT2D eigenvalue weighted by Crippen LogP contribution is 2.27. The Labute approximate surface area is 224 Å². The molecule has 194 valence electrons. The number of hydrogen-bond donors (Lipinski definition) is 1. The van der Waals surface area contributed by atoms with Crippen LogP contribution in [0.25, 0.3) is 21.9 Å². The van der Waals surface area contributed by atoms with Crippen molar-refractivity contribution >= 4 is 22.6 Å². The molecule has 2 unspecified atom stereocenters. The molecule has 0 bridgehead atoms. The molecule has 38 heavy (non-hydrogen) atoms. The van der Waals surface area contributed by atoms with E-state index in [-0.39, 0.29) is 11.8 Å². The minimum absolute atomic E-state index is 0.00476. The molecule has 2 N–H and O–H groups in total. The van der Waals surface area contributed by atoms with Crippen LogP contribution in [0.2, 0.25) is 0 Å². The Hall–Kier alpha value is -3.96. The van der Waals surface area contributed by atoms with Gasteiger partial charge >= 0.3 is 0 Å². The molecule has 5 heteroatoms. The first-order chi connectivity index (χ1) is 18.5. The van der Waals surface area contributed by atoms with E-state index in [1.807, 2.05) is 35.2 Å². The second-order valence-electron chi connectivity index (χ2n) is 10.2. The average molecular weight is 506 g/mol. The number of fused-ring (bicyclic) bond motifs is 1. The van der Waals surface area contributed by atoms with Gasteiger partial charge in [0, 0.05) is 20.0 Å². The number of carbonyl (C=O) groups is 2. The number of nitrogens with two attached hydrogens (primary N) is 1. The number of piperazine rings is 1. The first-order valence-corrected chi connectivity index (χ1v) is 13.4. The zero-order valence-electron chi connectivity index (χ0n) is 21.9. The van der Waals surface area contributed by atoms with E-state index in [0.717, 1.165) is 45.9 Å². The van der Waals surface area contributed by atoms with E-state index >= 15 is 0 Å². The smallest absolute Gasteiger partial charge is 0.246 e. The summed E-state index contributed by atoms with van der Waals surface area (Å²) in [5.74, 6) is 0.0125. The third kappa shape index (κ3) is 5.48. The number of amides is 2. The molecule has 1 fully saturated rings. The van der Waals surface area contributed by atoms with E-state index in [9.17, 15) is 9.59 Å². The summed E-state index contributed by atoms with van der Waals surface area (Å²) in [6.45, 7) is 0.991. The van der Waals surface area contributed by atoms with Crippen molar-refractivity contribution < 1.29 is 9.59 Å². The topological polar surface area (TPSA) is 66.6 Å². The summed E-state index contributed by atoms with van der Waals surface area (Å²) < 4.78 is 0. The molecule has 0 spiro atoms. The maximum Gasteiger partial charge on any atom is 0.246 e. The van der Waals surface area contributed by atoms with Crippen LogP contribution in [0.5, 0.6) is 0 Å². The lowest BCUT2D eigenvalue weighted by Gasteiger charge is -2.44. The number of carbonyl (C=O) groups excluding carboxylic acids is 2. The lowest BCUT2D eigenvalue weighted by molar-refractivity contribution is -0.161. The summed E-state index contributed by atoms with van der Waals surface area (Å²) in [6.07, 6.45) is 2.76. The number of rotatable bonds is 9. The summed E-state index contributed by atoms with van der Waals surface area (Å²) in [7, 11) is 1.77. The van der Waals surface area contributed by atoms with Gasteiger partial charge in [-0.05, 0) is 58.8 Å². The first-order valence-electron chi connectivity index (χ1n) is 13.4. The summed E-state index contributed by atoms with van der Waals surface area (Å²) >= 11 is 0. The van der Waals surface area contributed by atoms with Crippen molar-refractivity contribution in [2.24, 2.45) is 5.73 Å². The minimum Gasteiger partial charge on any atom is -0.332 e. The van der Waals surface area contributed by atoms with Crippen LogP contribution in [0.4, 0.5) is 0 Å². The average Bonchev–Trinajstić information content (AvgIpc) is 2.96. The molecule has 4 aromatic carbocycles. The molecule has 1 heterocycles. The Balaban J connectivity index is 1.40. The summed E-state index contributed by atoms with van der Waals surface area (Å²) in [4.78, 5) is 31.1. The Kier molecular flexibility index (Phi) is 7.85. The van der Waals surface area contributed by atoms with Gasteiger partial charge < -0.3 is 15.5 Å². The molecule has 0 aromatic heterocycles. The molecule has 1 aliphatic rings. The molecule has 1 saturated heterocycles. The molecule has 0 aliphatic carbocycles. The van der Waals surface area contributed by atoms with Gasteiger partial charge in [0.05, 0.1) is 0 Å². The Bertz CT molecular complexity index is 1400. The van der Waals surface area contributed by atoms with Crippen LogP contribution in [-0.2, 0) is 22.6 Å². The fourth-order valence-corrected chi connectivity index (χ4v) is 5.43. The number of unbranched alkanes of at least 4 members (excludes halogenated alkanes) is 1. The standard InChI is InChI=1S/C33H35N3O2/c1-35-31(22-25-16-19-27-11-5-6-12-29(27)21-25)33(38)36(30(32(35)37)13-7-8-20-34)23-24-14-17-28(18-15-24)26-9-3-2-4-10-26/h2-6,9-12,14-19,21,30-31H,7-8,13,20,22-23,34H2,1H3. The highest BCUT2D eigenvalue weighted by molar-refractivity contribution is 5.97. The van der Waals surface area contributed by atoms with E-state index in [0.29, 0.717) is 25.9 Å². The van der Waals surface area contributed by atoms with E-state index in [4.69, 9.17) is 5.73 Å². The monoisotopic (exact) mass is 505 g/mol. The largest absolute Gasteiger partial charge is 0.332 e. The van der Waals surface area contributed by atoms with Crippen LogP contribution in [0.3, 0.4) is 0 Å². The fourth-order valence-electron chi connectivity index (χ4n) is 5.43. The molecular weight excluding hydrogens is 470 g/mol. The maximum atomic E-state index is 14.0. The minimum atomic E-state index is -0.530. The lowest BCUT2D eigenvalue weighted by atomic mass is 9.94. The highest BCUT2D eigenvalue weighted by atomic mass is 16.2. The van der Waals surface area contributed by atoms with Gasteiger partial charge in [0.1, 0.15) is 12.1 Å². The van der Waals surface area contributed by atoms with Crippen molar-refractivity contribution in [3.8, 4) is 11.1 Å². The second-order valence-corrected chi connectivity index (χ2v) is 10.2. The third-order valence-corrected chi connectivity index (χ3v) is 7.63. The molecule has 0 saturated carbocycles.